The third-order valence-corrected chi connectivity index (χ3v) is 5.72. The highest BCUT2D eigenvalue weighted by molar-refractivity contribution is 6.35. The second-order valence-corrected chi connectivity index (χ2v) is 7.78. The maximum atomic E-state index is 13.0. The molecule has 28 heavy (non-hydrogen) atoms. The van der Waals surface area contributed by atoms with Gasteiger partial charge in [-0.15, -0.1) is 0 Å². The standard InChI is InChI=1S/C20H17ClN6O/c1-11-15(8-22)18-19(26(11)9-12-3-4-12)17(21)20(28)27(24-18)14-5-6-16-13(7-14)10-25(2)23-16/h5-7,10,12H,3-4,9H2,1-2H3. The summed E-state index contributed by atoms with van der Waals surface area (Å²) < 4.78 is 4.98. The van der Waals surface area contributed by atoms with Crippen molar-refractivity contribution in [2.75, 3.05) is 0 Å². The van der Waals surface area contributed by atoms with E-state index in [0.29, 0.717) is 28.2 Å². The number of nitrogens with zero attached hydrogens (tertiary/aromatic N) is 6. The van der Waals surface area contributed by atoms with E-state index in [0.717, 1.165) is 36.0 Å². The minimum Gasteiger partial charge on any atom is -0.340 e. The van der Waals surface area contributed by atoms with Crippen LogP contribution in [0.1, 0.15) is 24.1 Å². The summed E-state index contributed by atoms with van der Waals surface area (Å²) in [4.78, 5) is 13.0. The second kappa shape index (κ2) is 5.94. The molecule has 0 N–H and O–H groups in total. The maximum absolute atomic E-state index is 13.0. The van der Waals surface area contributed by atoms with Gasteiger partial charge in [0.2, 0.25) is 0 Å². The molecule has 7 nitrogen and oxygen atoms in total. The van der Waals surface area contributed by atoms with E-state index in [4.69, 9.17) is 11.6 Å². The van der Waals surface area contributed by atoms with Gasteiger partial charge in [-0.3, -0.25) is 9.48 Å². The van der Waals surface area contributed by atoms with Crippen molar-refractivity contribution in [3.8, 4) is 11.8 Å². The van der Waals surface area contributed by atoms with Crippen molar-refractivity contribution < 1.29 is 0 Å². The van der Waals surface area contributed by atoms with Gasteiger partial charge in [0.05, 0.1) is 16.7 Å². The molecule has 140 valence electrons. The molecule has 0 atom stereocenters. The summed E-state index contributed by atoms with van der Waals surface area (Å²) in [5, 5.41) is 19.6. The molecule has 3 aromatic heterocycles. The number of benzene rings is 1. The summed E-state index contributed by atoms with van der Waals surface area (Å²) >= 11 is 6.53. The minimum absolute atomic E-state index is 0.0986. The normalized spacial score (nSPS) is 14.1. The zero-order valence-corrected chi connectivity index (χ0v) is 16.2. The molecule has 0 saturated heterocycles. The monoisotopic (exact) mass is 392 g/mol. The largest absolute Gasteiger partial charge is 0.340 e. The smallest absolute Gasteiger partial charge is 0.292 e. The lowest BCUT2D eigenvalue weighted by Gasteiger charge is -2.09. The van der Waals surface area contributed by atoms with Gasteiger partial charge in [0, 0.05) is 30.9 Å². The van der Waals surface area contributed by atoms with E-state index < -0.39 is 5.56 Å². The van der Waals surface area contributed by atoms with Gasteiger partial charge in [0.15, 0.2) is 0 Å². The van der Waals surface area contributed by atoms with E-state index in [1.54, 1.807) is 10.7 Å². The first-order valence-electron chi connectivity index (χ1n) is 9.13. The van der Waals surface area contributed by atoms with Gasteiger partial charge >= 0.3 is 0 Å². The quantitative estimate of drug-likeness (QED) is 0.535. The molecule has 0 unspecified atom stereocenters. The number of rotatable bonds is 3. The van der Waals surface area contributed by atoms with Crippen molar-refractivity contribution in [2.45, 2.75) is 26.3 Å². The molecule has 3 heterocycles. The zero-order valence-electron chi connectivity index (χ0n) is 15.5. The van der Waals surface area contributed by atoms with E-state index in [-0.39, 0.29) is 5.02 Å². The van der Waals surface area contributed by atoms with Crippen molar-refractivity contribution in [2.24, 2.45) is 13.0 Å². The molecule has 0 radical (unpaired) electrons. The Kier molecular flexibility index (Phi) is 3.61. The third-order valence-electron chi connectivity index (χ3n) is 5.38. The Balaban J connectivity index is 1.79. The fourth-order valence-electron chi connectivity index (χ4n) is 3.74. The van der Waals surface area contributed by atoms with Crippen LogP contribution in [-0.2, 0) is 13.6 Å². The van der Waals surface area contributed by atoms with Gasteiger partial charge in [-0.1, -0.05) is 11.6 Å². The van der Waals surface area contributed by atoms with Crippen LogP contribution in [0.3, 0.4) is 0 Å². The Morgan fingerprint density at radius 1 is 1.32 bits per heavy atom. The molecular formula is C20H17ClN6O. The molecule has 0 bridgehead atoms. The van der Waals surface area contributed by atoms with Crippen molar-refractivity contribution in [1.29, 1.82) is 5.26 Å². The first kappa shape index (κ1) is 17.0. The number of fused-ring (bicyclic) bond motifs is 2. The van der Waals surface area contributed by atoms with Crippen LogP contribution in [0.4, 0.5) is 0 Å². The summed E-state index contributed by atoms with van der Waals surface area (Å²) in [7, 11) is 1.84. The van der Waals surface area contributed by atoms with Crippen LogP contribution in [0.25, 0.3) is 27.6 Å². The van der Waals surface area contributed by atoms with Gasteiger partial charge in [-0.25, -0.2) is 0 Å². The summed E-state index contributed by atoms with van der Waals surface area (Å²) in [6, 6.07) is 7.71. The molecular weight excluding hydrogens is 376 g/mol. The van der Waals surface area contributed by atoms with Crippen molar-refractivity contribution in [3.63, 3.8) is 0 Å². The predicted octanol–water partition coefficient (Wildman–Crippen LogP) is 3.32. The Labute approximate surface area is 165 Å². The molecule has 4 aromatic rings. The summed E-state index contributed by atoms with van der Waals surface area (Å²) in [6.45, 7) is 2.64. The van der Waals surface area contributed by atoms with Crippen LogP contribution >= 0.6 is 11.6 Å². The molecule has 1 aliphatic rings. The average molecular weight is 393 g/mol. The average Bonchev–Trinajstić information content (AvgIpc) is 3.35. The predicted molar refractivity (Wildman–Crippen MR) is 107 cm³/mol. The van der Waals surface area contributed by atoms with Crippen LogP contribution in [0.15, 0.2) is 29.2 Å². The van der Waals surface area contributed by atoms with E-state index in [2.05, 4.69) is 16.3 Å². The lowest BCUT2D eigenvalue weighted by Crippen LogP contribution is -2.22. The van der Waals surface area contributed by atoms with Crippen LogP contribution in [-0.4, -0.2) is 24.1 Å². The van der Waals surface area contributed by atoms with Crippen LogP contribution in [0.5, 0.6) is 0 Å². The second-order valence-electron chi connectivity index (χ2n) is 7.40. The molecule has 5 rings (SSSR count). The number of hydrogen-bond donors (Lipinski definition) is 0. The van der Waals surface area contributed by atoms with Crippen LogP contribution < -0.4 is 5.56 Å². The van der Waals surface area contributed by atoms with Crippen molar-refractivity contribution in [1.82, 2.24) is 24.1 Å². The van der Waals surface area contributed by atoms with Gasteiger partial charge in [-0.2, -0.15) is 20.1 Å². The molecule has 1 aromatic carbocycles. The van der Waals surface area contributed by atoms with Gasteiger partial charge in [0.1, 0.15) is 22.2 Å². The van der Waals surface area contributed by atoms with Gasteiger partial charge in [-0.05, 0) is 43.9 Å². The first-order chi connectivity index (χ1) is 13.5. The molecule has 0 amide bonds. The zero-order chi connectivity index (χ0) is 19.6. The highest BCUT2D eigenvalue weighted by atomic mass is 35.5. The molecule has 0 aliphatic heterocycles. The number of halogens is 1. The van der Waals surface area contributed by atoms with E-state index in [1.165, 1.54) is 4.68 Å². The highest BCUT2D eigenvalue weighted by Crippen LogP contribution is 2.35. The molecule has 8 heteroatoms. The van der Waals surface area contributed by atoms with E-state index in [9.17, 15) is 10.1 Å². The fraction of sp³-hybridized carbons (Fsp3) is 0.300. The van der Waals surface area contributed by atoms with Crippen molar-refractivity contribution >= 4 is 33.5 Å². The molecule has 1 fully saturated rings. The minimum atomic E-state index is -0.392. The summed E-state index contributed by atoms with van der Waals surface area (Å²) in [5.41, 5.74) is 3.33. The van der Waals surface area contributed by atoms with Crippen LogP contribution in [0, 0.1) is 24.2 Å². The van der Waals surface area contributed by atoms with Gasteiger partial charge < -0.3 is 4.57 Å². The molecule has 1 aliphatic carbocycles. The number of aryl methyl sites for hydroxylation is 1. The molecule has 0 spiro atoms. The highest BCUT2D eigenvalue weighted by Gasteiger charge is 2.27. The van der Waals surface area contributed by atoms with E-state index >= 15 is 0 Å². The summed E-state index contributed by atoms with van der Waals surface area (Å²) in [6.07, 6.45) is 4.20. The lowest BCUT2D eigenvalue weighted by atomic mass is 10.2. The van der Waals surface area contributed by atoms with Crippen molar-refractivity contribution in [3.05, 3.63) is 51.0 Å². The third kappa shape index (κ3) is 2.45. The first-order valence-corrected chi connectivity index (χ1v) is 9.51. The molecule has 1 saturated carbocycles. The lowest BCUT2D eigenvalue weighted by molar-refractivity contribution is 0.632. The fourth-order valence-corrected chi connectivity index (χ4v) is 4.02. The Morgan fingerprint density at radius 2 is 2.11 bits per heavy atom. The number of aromatic nitrogens is 5. The Bertz CT molecular complexity index is 1370. The Hall–Kier alpha value is -3.11. The number of hydrogen-bond acceptors (Lipinski definition) is 4. The SMILES string of the molecule is Cc1c(C#N)c2nn(-c3ccc4nn(C)cc4c3)c(=O)c(Cl)c2n1CC1CC1. The van der Waals surface area contributed by atoms with Crippen LogP contribution in [0.2, 0.25) is 5.02 Å². The van der Waals surface area contributed by atoms with E-state index in [1.807, 2.05) is 36.9 Å². The summed E-state index contributed by atoms with van der Waals surface area (Å²) in [5.74, 6) is 0.576. The van der Waals surface area contributed by atoms with Gasteiger partial charge in [0.25, 0.3) is 5.56 Å². The maximum Gasteiger partial charge on any atom is 0.292 e. The topological polar surface area (TPSA) is 81.4 Å². The Morgan fingerprint density at radius 3 is 2.82 bits per heavy atom. The number of nitriles is 1.